The van der Waals surface area contributed by atoms with E-state index < -0.39 is 0 Å². The van der Waals surface area contributed by atoms with Crippen molar-refractivity contribution in [3.63, 3.8) is 0 Å². The fourth-order valence-corrected chi connectivity index (χ4v) is 2.16. The number of benzene rings is 1. The SMILES string of the molecule is Cc1ccc(C)c(CC(=O)c2cscn2)c1. The monoisotopic (exact) mass is 231 g/mol. The maximum Gasteiger partial charge on any atom is 0.186 e. The number of aryl methyl sites for hydroxylation is 2. The summed E-state index contributed by atoms with van der Waals surface area (Å²) in [5, 5.41) is 1.80. The van der Waals surface area contributed by atoms with Crippen molar-refractivity contribution in [2.75, 3.05) is 0 Å². The Morgan fingerprint density at radius 3 is 2.88 bits per heavy atom. The lowest BCUT2D eigenvalue weighted by Gasteiger charge is -2.05. The summed E-state index contributed by atoms with van der Waals surface area (Å²) in [6.07, 6.45) is 0.442. The van der Waals surface area contributed by atoms with Gasteiger partial charge in [0, 0.05) is 11.8 Å². The first-order valence-corrected chi connectivity index (χ1v) is 6.08. The first-order valence-electron chi connectivity index (χ1n) is 5.14. The summed E-state index contributed by atoms with van der Waals surface area (Å²) in [6.45, 7) is 4.07. The Morgan fingerprint density at radius 2 is 2.19 bits per heavy atom. The summed E-state index contributed by atoms with van der Waals surface area (Å²) < 4.78 is 0. The van der Waals surface area contributed by atoms with Gasteiger partial charge in [0.25, 0.3) is 0 Å². The highest BCUT2D eigenvalue weighted by Crippen LogP contribution is 2.14. The Labute approximate surface area is 99.0 Å². The average Bonchev–Trinajstić information content (AvgIpc) is 2.76. The van der Waals surface area contributed by atoms with Crippen LogP contribution in [0.4, 0.5) is 0 Å². The van der Waals surface area contributed by atoms with Crippen molar-refractivity contribution < 1.29 is 4.79 Å². The van der Waals surface area contributed by atoms with E-state index in [4.69, 9.17) is 0 Å². The van der Waals surface area contributed by atoms with Gasteiger partial charge in [-0.05, 0) is 25.0 Å². The van der Waals surface area contributed by atoms with Gasteiger partial charge < -0.3 is 0 Å². The van der Waals surface area contributed by atoms with E-state index in [0.717, 1.165) is 11.1 Å². The number of thiazole rings is 1. The molecule has 1 aromatic carbocycles. The molecule has 2 rings (SSSR count). The molecule has 16 heavy (non-hydrogen) atoms. The Morgan fingerprint density at radius 1 is 1.38 bits per heavy atom. The first kappa shape index (κ1) is 11.0. The second-order valence-electron chi connectivity index (χ2n) is 3.90. The van der Waals surface area contributed by atoms with E-state index in [2.05, 4.69) is 23.2 Å². The van der Waals surface area contributed by atoms with Crippen molar-refractivity contribution in [3.05, 3.63) is 51.5 Å². The largest absolute Gasteiger partial charge is 0.292 e. The van der Waals surface area contributed by atoms with Gasteiger partial charge in [-0.3, -0.25) is 4.79 Å². The molecule has 0 aliphatic rings. The van der Waals surface area contributed by atoms with Gasteiger partial charge in [-0.2, -0.15) is 0 Å². The van der Waals surface area contributed by atoms with Gasteiger partial charge in [0.2, 0.25) is 0 Å². The third kappa shape index (κ3) is 2.36. The molecular weight excluding hydrogens is 218 g/mol. The average molecular weight is 231 g/mol. The number of Topliss-reactive ketones (excluding diaryl/α,β-unsaturated/α-hetero) is 1. The molecule has 0 radical (unpaired) electrons. The van der Waals surface area contributed by atoms with Crippen molar-refractivity contribution in [1.29, 1.82) is 0 Å². The Kier molecular flexibility index (Phi) is 3.15. The molecule has 0 N–H and O–H groups in total. The molecule has 0 bridgehead atoms. The van der Waals surface area contributed by atoms with Crippen LogP contribution in [-0.4, -0.2) is 10.8 Å². The van der Waals surface area contributed by atoms with Crippen LogP contribution in [0, 0.1) is 13.8 Å². The summed E-state index contributed by atoms with van der Waals surface area (Å²) in [6, 6.07) is 6.19. The van der Waals surface area contributed by atoms with Gasteiger partial charge in [0.15, 0.2) is 5.78 Å². The van der Waals surface area contributed by atoms with Crippen molar-refractivity contribution in [2.45, 2.75) is 20.3 Å². The van der Waals surface area contributed by atoms with Gasteiger partial charge in [-0.1, -0.05) is 23.8 Å². The van der Waals surface area contributed by atoms with Crippen LogP contribution in [0.5, 0.6) is 0 Å². The molecule has 0 saturated heterocycles. The van der Waals surface area contributed by atoms with Crippen molar-refractivity contribution in [1.82, 2.24) is 4.98 Å². The number of hydrogen-bond acceptors (Lipinski definition) is 3. The second-order valence-corrected chi connectivity index (χ2v) is 4.62. The number of nitrogens with zero attached hydrogens (tertiary/aromatic N) is 1. The van der Waals surface area contributed by atoms with Gasteiger partial charge in [-0.15, -0.1) is 11.3 Å². The zero-order chi connectivity index (χ0) is 11.5. The zero-order valence-electron chi connectivity index (χ0n) is 9.36. The molecule has 0 fully saturated rings. The van der Waals surface area contributed by atoms with Crippen LogP contribution >= 0.6 is 11.3 Å². The number of carbonyl (C=O) groups is 1. The molecule has 3 heteroatoms. The molecule has 82 valence electrons. The molecule has 1 aromatic heterocycles. The van der Waals surface area contributed by atoms with Gasteiger partial charge in [0.1, 0.15) is 5.69 Å². The Bertz CT molecular complexity index is 503. The topological polar surface area (TPSA) is 30.0 Å². The number of rotatable bonds is 3. The Balaban J connectivity index is 2.21. The van der Waals surface area contributed by atoms with E-state index in [1.165, 1.54) is 16.9 Å². The van der Waals surface area contributed by atoms with Crippen LogP contribution in [-0.2, 0) is 6.42 Å². The minimum Gasteiger partial charge on any atom is -0.292 e. The third-order valence-corrected chi connectivity index (χ3v) is 3.16. The first-order chi connectivity index (χ1) is 7.66. The number of carbonyl (C=O) groups excluding carboxylic acids is 1. The standard InChI is InChI=1S/C13H13NOS/c1-9-3-4-10(2)11(5-9)6-13(15)12-7-16-8-14-12/h3-5,7-8H,6H2,1-2H3. The van der Waals surface area contributed by atoms with E-state index in [9.17, 15) is 4.79 Å². The number of hydrogen-bond donors (Lipinski definition) is 0. The molecule has 1 heterocycles. The molecule has 0 spiro atoms. The number of aromatic nitrogens is 1. The van der Waals surface area contributed by atoms with E-state index >= 15 is 0 Å². The summed E-state index contributed by atoms with van der Waals surface area (Å²) in [5.41, 5.74) is 5.71. The summed E-state index contributed by atoms with van der Waals surface area (Å²) in [7, 11) is 0. The van der Waals surface area contributed by atoms with Crippen LogP contribution in [0.25, 0.3) is 0 Å². The van der Waals surface area contributed by atoms with Crippen LogP contribution in [0.1, 0.15) is 27.2 Å². The fraction of sp³-hybridized carbons (Fsp3) is 0.231. The lowest BCUT2D eigenvalue weighted by atomic mass is 10.0. The minimum absolute atomic E-state index is 0.0925. The maximum atomic E-state index is 11.9. The normalized spacial score (nSPS) is 10.4. The van der Waals surface area contributed by atoms with Crippen LogP contribution < -0.4 is 0 Å². The third-order valence-electron chi connectivity index (χ3n) is 2.57. The quantitative estimate of drug-likeness (QED) is 0.759. The Hall–Kier alpha value is -1.48. The van der Waals surface area contributed by atoms with Gasteiger partial charge >= 0.3 is 0 Å². The molecule has 0 atom stereocenters. The molecular formula is C13H13NOS. The van der Waals surface area contributed by atoms with Gasteiger partial charge in [-0.25, -0.2) is 4.98 Å². The molecule has 2 aromatic rings. The summed E-state index contributed by atoms with van der Waals surface area (Å²) >= 11 is 1.45. The smallest absolute Gasteiger partial charge is 0.186 e. The van der Waals surface area contributed by atoms with Crippen LogP contribution in [0.3, 0.4) is 0 Å². The highest BCUT2D eigenvalue weighted by Gasteiger charge is 2.10. The van der Waals surface area contributed by atoms with E-state index in [1.807, 2.05) is 13.8 Å². The molecule has 0 aliphatic heterocycles. The van der Waals surface area contributed by atoms with Crippen LogP contribution in [0.2, 0.25) is 0 Å². The summed E-state index contributed by atoms with van der Waals surface area (Å²) in [4.78, 5) is 15.9. The molecule has 0 amide bonds. The lowest BCUT2D eigenvalue weighted by Crippen LogP contribution is -2.05. The highest BCUT2D eigenvalue weighted by atomic mass is 32.1. The predicted octanol–water partition coefficient (Wildman–Crippen LogP) is 3.19. The maximum absolute atomic E-state index is 11.9. The number of ketones is 1. The molecule has 2 nitrogen and oxygen atoms in total. The minimum atomic E-state index is 0.0925. The molecule has 0 aliphatic carbocycles. The fourth-order valence-electron chi connectivity index (χ4n) is 1.60. The predicted molar refractivity (Wildman–Crippen MR) is 66.1 cm³/mol. The van der Waals surface area contributed by atoms with E-state index in [0.29, 0.717) is 12.1 Å². The van der Waals surface area contributed by atoms with Gasteiger partial charge in [0.05, 0.1) is 5.51 Å². The zero-order valence-corrected chi connectivity index (χ0v) is 10.2. The van der Waals surface area contributed by atoms with Crippen LogP contribution in [0.15, 0.2) is 29.1 Å². The summed E-state index contributed by atoms with van der Waals surface area (Å²) in [5.74, 6) is 0.0925. The van der Waals surface area contributed by atoms with Crippen molar-refractivity contribution in [2.24, 2.45) is 0 Å². The highest BCUT2D eigenvalue weighted by molar-refractivity contribution is 7.07. The van der Waals surface area contributed by atoms with E-state index in [1.54, 1.807) is 10.9 Å². The molecule has 0 saturated carbocycles. The second kappa shape index (κ2) is 4.58. The molecule has 0 unspecified atom stereocenters. The lowest BCUT2D eigenvalue weighted by molar-refractivity contribution is 0.0988. The van der Waals surface area contributed by atoms with Crippen molar-refractivity contribution in [3.8, 4) is 0 Å². The van der Waals surface area contributed by atoms with E-state index in [-0.39, 0.29) is 5.78 Å². The van der Waals surface area contributed by atoms with Crippen molar-refractivity contribution >= 4 is 17.1 Å².